The third-order valence-corrected chi connectivity index (χ3v) is 4.63. The third-order valence-electron chi connectivity index (χ3n) is 4.63. The highest BCUT2D eigenvalue weighted by molar-refractivity contribution is 5.63. The molecule has 3 rings (SSSR count). The van der Waals surface area contributed by atoms with E-state index >= 15 is 0 Å². The molecule has 33 heavy (non-hydrogen) atoms. The summed E-state index contributed by atoms with van der Waals surface area (Å²) in [6, 6.07) is 4.06. The van der Waals surface area contributed by atoms with Gasteiger partial charge in [0.1, 0.15) is 18.2 Å². The fourth-order valence-corrected chi connectivity index (χ4v) is 3.22. The van der Waals surface area contributed by atoms with E-state index in [-0.39, 0.29) is 36.2 Å². The predicted octanol–water partition coefficient (Wildman–Crippen LogP) is 4.60. The summed E-state index contributed by atoms with van der Waals surface area (Å²) < 4.78 is 94.0. The van der Waals surface area contributed by atoms with Crippen LogP contribution in [0.1, 0.15) is 25.2 Å². The van der Waals surface area contributed by atoms with Gasteiger partial charge in [0.25, 0.3) is 0 Å². The van der Waals surface area contributed by atoms with E-state index in [0.29, 0.717) is 12.1 Å². The molecule has 178 valence electrons. The summed E-state index contributed by atoms with van der Waals surface area (Å²) in [5, 5.41) is 16.5. The number of halogens is 6. The van der Waals surface area contributed by atoms with Crippen LogP contribution in [-0.4, -0.2) is 33.1 Å². The van der Waals surface area contributed by atoms with E-state index in [9.17, 15) is 26.3 Å². The molecule has 0 saturated heterocycles. The first-order chi connectivity index (χ1) is 15.3. The molecule has 1 aromatic heterocycles. The summed E-state index contributed by atoms with van der Waals surface area (Å²) in [5.41, 5.74) is -2.95. The van der Waals surface area contributed by atoms with Gasteiger partial charge in [-0.1, -0.05) is 0 Å². The number of nitrogens with zero attached hydrogens (tertiary/aromatic N) is 3. The van der Waals surface area contributed by atoms with Crippen LogP contribution in [0.15, 0.2) is 30.3 Å². The zero-order valence-corrected chi connectivity index (χ0v) is 17.7. The standard InChI is InChI=1S/C21H19F6N3O3/c1-20(2,33-17-15(23)8-11(22)9-16(17)24)19-29-28-18(30(19)3)13-5-4-12(32-7-6-31)10-14(13)21(25,26)27/h4-5,8-10,31H,6-7H2,1-3H3. The van der Waals surface area contributed by atoms with E-state index in [1.807, 2.05) is 0 Å². The number of hydrogen-bond donors (Lipinski definition) is 1. The van der Waals surface area contributed by atoms with Crippen LogP contribution in [0.5, 0.6) is 11.5 Å². The molecule has 0 saturated carbocycles. The van der Waals surface area contributed by atoms with Gasteiger partial charge in [-0.05, 0) is 32.0 Å². The van der Waals surface area contributed by atoms with Crippen molar-refractivity contribution < 1.29 is 40.9 Å². The number of aliphatic hydroxyl groups is 1. The van der Waals surface area contributed by atoms with Crippen molar-refractivity contribution >= 4 is 0 Å². The van der Waals surface area contributed by atoms with Crippen molar-refractivity contribution in [2.75, 3.05) is 13.2 Å². The SMILES string of the molecule is Cn1c(-c2ccc(OCCO)cc2C(F)(F)F)nnc1C(C)(C)Oc1c(F)cc(F)cc1F. The second kappa shape index (κ2) is 8.93. The fourth-order valence-electron chi connectivity index (χ4n) is 3.22. The first kappa shape index (κ1) is 24.4. The maximum absolute atomic E-state index is 14.0. The van der Waals surface area contributed by atoms with Crippen molar-refractivity contribution in [3.63, 3.8) is 0 Å². The zero-order valence-electron chi connectivity index (χ0n) is 17.7. The van der Waals surface area contributed by atoms with Gasteiger partial charge in [-0.15, -0.1) is 10.2 Å². The highest BCUT2D eigenvalue weighted by Gasteiger charge is 2.37. The van der Waals surface area contributed by atoms with E-state index in [1.54, 1.807) is 0 Å². The summed E-state index contributed by atoms with van der Waals surface area (Å²) in [4.78, 5) is 0. The normalized spacial score (nSPS) is 12.2. The Kier molecular flexibility index (Phi) is 6.59. The van der Waals surface area contributed by atoms with Gasteiger partial charge in [0.15, 0.2) is 34.6 Å². The van der Waals surface area contributed by atoms with Crippen LogP contribution in [0.4, 0.5) is 26.3 Å². The molecule has 6 nitrogen and oxygen atoms in total. The number of aromatic nitrogens is 3. The fraction of sp³-hybridized carbons (Fsp3) is 0.333. The van der Waals surface area contributed by atoms with Crippen LogP contribution >= 0.6 is 0 Å². The van der Waals surface area contributed by atoms with Crippen molar-refractivity contribution in [2.24, 2.45) is 7.05 Å². The lowest BCUT2D eigenvalue weighted by molar-refractivity contribution is -0.137. The monoisotopic (exact) mass is 475 g/mol. The van der Waals surface area contributed by atoms with Gasteiger partial charge in [0.05, 0.1) is 12.2 Å². The highest BCUT2D eigenvalue weighted by atomic mass is 19.4. The Morgan fingerprint density at radius 3 is 2.21 bits per heavy atom. The Morgan fingerprint density at radius 2 is 1.64 bits per heavy atom. The Morgan fingerprint density at radius 1 is 1.00 bits per heavy atom. The molecule has 12 heteroatoms. The molecule has 0 fully saturated rings. The van der Waals surface area contributed by atoms with Crippen molar-refractivity contribution in [3.05, 3.63) is 59.2 Å². The maximum Gasteiger partial charge on any atom is 0.417 e. The molecule has 0 atom stereocenters. The molecule has 0 amide bonds. The predicted molar refractivity (Wildman–Crippen MR) is 104 cm³/mol. The van der Waals surface area contributed by atoms with E-state index in [0.717, 1.165) is 12.1 Å². The second-order valence-corrected chi connectivity index (χ2v) is 7.49. The number of ether oxygens (including phenoxy) is 2. The van der Waals surface area contributed by atoms with E-state index in [4.69, 9.17) is 14.6 Å². The third kappa shape index (κ3) is 5.05. The topological polar surface area (TPSA) is 69.4 Å². The van der Waals surface area contributed by atoms with E-state index < -0.39 is 40.5 Å². The number of hydrogen-bond acceptors (Lipinski definition) is 5. The lowest BCUT2D eigenvalue weighted by Gasteiger charge is -2.26. The molecule has 0 aliphatic rings. The van der Waals surface area contributed by atoms with Gasteiger partial charge in [-0.3, -0.25) is 0 Å². The Labute approximate surface area is 184 Å². The minimum atomic E-state index is -4.77. The molecule has 1 N–H and O–H groups in total. The molecule has 2 aromatic carbocycles. The van der Waals surface area contributed by atoms with Crippen molar-refractivity contribution in [3.8, 4) is 22.9 Å². The van der Waals surface area contributed by atoms with Crippen LogP contribution in [0.25, 0.3) is 11.4 Å². The van der Waals surface area contributed by atoms with Crippen molar-refractivity contribution in [2.45, 2.75) is 25.6 Å². The maximum atomic E-state index is 14.0. The first-order valence-corrected chi connectivity index (χ1v) is 9.54. The van der Waals surface area contributed by atoms with Gasteiger partial charge in [0, 0.05) is 24.7 Å². The van der Waals surface area contributed by atoms with Crippen LogP contribution in [0.3, 0.4) is 0 Å². The zero-order chi connectivity index (χ0) is 24.6. The molecule has 0 aliphatic carbocycles. The minimum Gasteiger partial charge on any atom is -0.491 e. The lowest BCUT2D eigenvalue weighted by Crippen LogP contribution is -2.30. The van der Waals surface area contributed by atoms with Crippen LogP contribution in [0.2, 0.25) is 0 Å². The summed E-state index contributed by atoms with van der Waals surface area (Å²) in [6.45, 7) is 2.19. The average Bonchev–Trinajstić information content (AvgIpc) is 3.10. The van der Waals surface area contributed by atoms with Crippen LogP contribution < -0.4 is 9.47 Å². The Balaban J connectivity index is 2.03. The van der Waals surface area contributed by atoms with E-state index in [1.165, 1.54) is 31.5 Å². The summed E-state index contributed by atoms with van der Waals surface area (Å²) in [6.07, 6.45) is -4.77. The molecule has 0 unspecified atom stereocenters. The highest BCUT2D eigenvalue weighted by Crippen LogP contribution is 2.39. The van der Waals surface area contributed by atoms with Gasteiger partial charge in [-0.2, -0.15) is 13.2 Å². The summed E-state index contributed by atoms with van der Waals surface area (Å²) in [5.74, 6) is -4.93. The van der Waals surface area contributed by atoms with Crippen LogP contribution in [0, 0.1) is 17.5 Å². The molecule has 3 aromatic rings. The smallest absolute Gasteiger partial charge is 0.417 e. The Hall–Kier alpha value is -3.28. The lowest BCUT2D eigenvalue weighted by atomic mass is 10.0. The minimum absolute atomic E-state index is 0.0469. The van der Waals surface area contributed by atoms with Gasteiger partial charge in [-0.25, -0.2) is 13.2 Å². The molecule has 0 radical (unpaired) electrons. The van der Waals surface area contributed by atoms with Gasteiger partial charge < -0.3 is 19.1 Å². The summed E-state index contributed by atoms with van der Waals surface area (Å²) >= 11 is 0. The molecule has 0 aliphatic heterocycles. The molecule has 0 bridgehead atoms. The summed E-state index contributed by atoms with van der Waals surface area (Å²) in [7, 11) is 1.36. The average molecular weight is 475 g/mol. The van der Waals surface area contributed by atoms with Crippen molar-refractivity contribution in [1.82, 2.24) is 14.8 Å². The number of aliphatic hydroxyl groups excluding tert-OH is 1. The van der Waals surface area contributed by atoms with Gasteiger partial charge >= 0.3 is 6.18 Å². The van der Waals surface area contributed by atoms with E-state index in [2.05, 4.69) is 10.2 Å². The quantitative estimate of drug-likeness (QED) is 0.506. The number of benzene rings is 2. The molecule has 0 spiro atoms. The largest absolute Gasteiger partial charge is 0.491 e. The number of rotatable bonds is 7. The second-order valence-electron chi connectivity index (χ2n) is 7.49. The van der Waals surface area contributed by atoms with Crippen LogP contribution in [-0.2, 0) is 18.8 Å². The number of alkyl halides is 3. The van der Waals surface area contributed by atoms with Crippen molar-refractivity contribution in [1.29, 1.82) is 0 Å². The van der Waals surface area contributed by atoms with Gasteiger partial charge in [0.2, 0.25) is 0 Å². The molecular formula is C21H19F6N3O3. The molecule has 1 heterocycles. The molecular weight excluding hydrogens is 456 g/mol. The first-order valence-electron chi connectivity index (χ1n) is 9.54. The Bertz CT molecular complexity index is 1140.